The number of hydrogen-bond donors (Lipinski definition) is 0. The fourth-order valence-electron chi connectivity index (χ4n) is 2.12. The molecule has 2 heteroatoms. The van der Waals surface area contributed by atoms with Crippen LogP contribution in [0.4, 0.5) is 0 Å². The van der Waals surface area contributed by atoms with Gasteiger partial charge in [-0.25, -0.2) is 0 Å². The van der Waals surface area contributed by atoms with E-state index in [1.807, 2.05) is 6.20 Å². The Hall–Kier alpha value is -0.890. The lowest BCUT2D eigenvalue weighted by atomic mass is 10.0. The molecule has 0 aliphatic carbocycles. The van der Waals surface area contributed by atoms with Crippen LogP contribution >= 0.6 is 15.9 Å². The highest BCUT2D eigenvalue weighted by Crippen LogP contribution is 2.18. The first-order valence-corrected chi connectivity index (χ1v) is 7.42. The van der Waals surface area contributed by atoms with Crippen LogP contribution in [-0.2, 0) is 6.42 Å². The second-order valence-corrected chi connectivity index (χ2v) is 5.12. The summed E-state index contributed by atoms with van der Waals surface area (Å²) in [6.45, 7) is 0. The van der Waals surface area contributed by atoms with E-state index in [9.17, 15) is 0 Å². The van der Waals surface area contributed by atoms with Gasteiger partial charge in [-0.2, -0.15) is 0 Å². The quantitative estimate of drug-likeness (QED) is 0.554. The van der Waals surface area contributed by atoms with Gasteiger partial charge in [0.05, 0.1) is 0 Å². The van der Waals surface area contributed by atoms with E-state index in [-0.39, 0.29) is 0 Å². The van der Waals surface area contributed by atoms with Crippen molar-refractivity contribution in [3.8, 4) is 0 Å². The molecule has 17 heavy (non-hydrogen) atoms. The summed E-state index contributed by atoms with van der Waals surface area (Å²) in [6.07, 6.45) is 8.17. The molecule has 2 aromatic rings. The van der Waals surface area contributed by atoms with E-state index in [1.165, 1.54) is 42.1 Å². The lowest BCUT2D eigenvalue weighted by molar-refractivity contribution is 0.667. The molecule has 0 bridgehead atoms. The maximum absolute atomic E-state index is 4.52. The first-order valence-electron chi connectivity index (χ1n) is 6.30. The van der Waals surface area contributed by atoms with Crippen LogP contribution in [0.3, 0.4) is 0 Å². The Kier molecular flexibility index (Phi) is 4.99. The number of unbranched alkanes of at least 4 members (excludes halogenated alkanes) is 3. The van der Waals surface area contributed by atoms with Gasteiger partial charge in [-0.15, -0.1) is 0 Å². The molecule has 1 aromatic heterocycles. The van der Waals surface area contributed by atoms with Gasteiger partial charge < -0.3 is 0 Å². The third kappa shape index (κ3) is 3.53. The van der Waals surface area contributed by atoms with E-state index in [2.05, 4.69) is 51.2 Å². The molecule has 0 aliphatic rings. The Balaban J connectivity index is 1.98. The van der Waals surface area contributed by atoms with Crippen LogP contribution < -0.4 is 0 Å². The van der Waals surface area contributed by atoms with E-state index in [0.717, 1.165) is 11.8 Å². The van der Waals surface area contributed by atoms with Crippen LogP contribution in [0.2, 0.25) is 0 Å². The summed E-state index contributed by atoms with van der Waals surface area (Å²) in [5.41, 5.74) is 1.25. The number of rotatable bonds is 6. The van der Waals surface area contributed by atoms with Gasteiger partial charge in [0.2, 0.25) is 0 Å². The average Bonchev–Trinajstić information content (AvgIpc) is 2.39. The summed E-state index contributed by atoms with van der Waals surface area (Å²) in [7, 11) is 0. The van der Waals surface area contributed by atoms with Gasteiger partial charge in [0.15, 0.2) is 0 Å². The number of aromatic nitrogens is 1. The molecule has 0 N–H and O–H groups in total. The zero-order valence-corrected chi connectivity index (χ0v) is 11.6. The average molecular weight is 292 g/mol. The van der Waals surface area contributed by atoms with Crippen molar-refractivity contribution in [3.05, 3.63) is 42.2 Å². The normalized spacial score (nSPS) is 10.9. The number of hydrogen-bond acceptors (Lipinski definition) is 1. The van der Waals surface area contributed by atoms with Crippen molar-refractivity contribution in [1.29, 1.82) is 0 Å². The van der Waals surface area contributed by atoms with Crippen LogP contribution in [0.5, 0.6) is 0 Å². The molecule has 90 valence electrons. The summed E-state index contributed by atoms with van der Waals surface area (Å²) < 4.78 is 0. The van der Waals surface area contributed by atoms with Gasteiger partial charge in [-0.3, -0.25) is 4.98 Å². The number of aryl methyl sites for hydroxylation is 1. The molecule has 1 aromatic carbocycles. The number of pyridine rings is 1. The molecule has 0 amide bonds. The molecular weight excluding hydrogens is 274 g/mol. The smallest absolute Gasteiger partial charge is 0.0481 e. The largest absolute Gasteiger partial charge is 0.261 e. The Bertz CT molecular complexity index is 462. The van der Waals surface area contributed by atoms with E-state index >= 15 is 0 Å². The maximum atomic E-state index is 4.52. The molecule has 0 saturated heterocycles. The van der Waals surface area contributed by atoms with Crippen molar-refractivity contribution in [2.45, 2.75) is 32.1 Å². The number of alkyl halides is 1. The van der Waals surface area contributed by atoms with Crippen molar-refractivity contribution in [3.63, 3.8) is 0 Å². The standard InChI is InChI=1S/C15H18BrN/c16-11-6-2-1-3-9-15-14-8-5-4-7-13(14)10-12-17-15/h4-5,7-8,10,12H,1-3,6,9,11H2. The fourth-order valence-corrected chi connectivity index (χ4v) is 2.52. The lowest BCUT2D eigenvalue weighted by Gasteiger charge is -2.05. The topological polar surface area (TPSA) is 12.9 Å². The van der Waals surface area contributed by atoms with Gasteiger partial charge in [-0.05, 0) is 30.7 Å². The van der Waals surface area contributed by atoms with Crippen LogP contribution in [0.1, 0.15) is 31.4 Å². The van der Waals surface area contributed by atoms with Gasteiger partial charge in [0.1, 0.15) is 0 Å². The van der Waals surface area contributed by atoms with Gasteiger partial charge >= 0.3 is 0 Å². The molecule has 1 heterocycles. The minimum absolute atomic E-state index is 1.10. The molecule has 2 rings (SSSR count). The molecule has 0 fully saturated rings. The number of fused-ring (bicyclic) bond motifs is 1. The van der Waals surface area contributed by atoms with E-state index in [1.54, 1.807) is 0 Å². The first-order chi connectivity index (χ1) is 8.42. The summed E-state index contributed by atoms with van der Waals surface area (Å²) in [6, 6.07) is 10.6. The second-order valence-electron chi connectivity index (χ2n) is 4.33. The Morgan fingerprint density at radius 3 is 2.65 bits per heavy atom. The minimum Gasteiger partial charge on any atom is -0.261 e. The summed E-state index contributed by atoms with van der Waals surface area (Å²) in [5.74, 6) is 0. The van der Waals surface area contributed by atoms with Crippen molar-refractivity contribution in [2.24, 2.45) is 0 Å². The SMILES string of the molecule is BrCCCCCCc1nccc2ccccc12. The van der Waals surface area contributed by atoms with Crippen molar-refractivity contribution < 1.29 is 0 Å². The molecule has 0 saturated carbocycles. The highest BCUT2D eigenvalue weighted by Gasteiger charge is 2.01. The minimum atomic E-state index is 1.10. The van der Waals surface area contributed by atoms with Crippen molar-refractivity contribution >= 4 is 26.7 Å². The summed E-state index contributed by atoms with van der Waals surface area (Å²) in [5, 5.41) is 3.74. The highest BCUT2D eigenvalue weighted by atomic mass is 79.9. The van der Waals surface area contributed by atoms with Gasteiger partial charge in [0, 0.05) is 22.6 Å². The van der Waals surface area contributed by atoms with Crippen LogP contribution in [-0.4, -0.2) is 10.3 Å². The molecule has 0 radical (unpaired) electrons. The van der Waals surface area contributed by atoms with E-state index in [0.29, 0.717) is 0 Å². The van der Waals surface area contributed by atoms with Crippen molar-refractivity contribution in [2.75, 3.05) is 5.33 Å². The van der Waals surface area contributed by atoms with Gasteiger partial charge in [0.25, 0.3) is 0 Å². The third-order valence-corrected chi connectivity index (χ3v) is 3.61. The zero-order chi connectivity index (χ0) is 11.9. The molecule has 1 nitrogen and oxygen atoms in total. The molecular formula is C15H18BrN. The van der Waals surface area contributed by atoms with E-state index < -0.39 is 0 Å². The number of benzene rings is 1. The summed E-state index contributed by atoms with van der Waals surface area (Å²) >= 11 is 3.47. The molecule has 0 unspecified atom stereocenters. The third-order valence-electron chi connectivity index (χ3n) is 3.05. The van der Waals surface area contributed by atoms with Crippen LogP contribution in [0.15, 0.2) is 36.5 Å². The monoisotopic (exact) mass is 291 g/mol. The lowest BCUT2D eigenvalue weighted by Crippen LogP contribution is -1.92. The van der Waals surface area contributed by atoms with Gasteiger partial charge in [-0.1, -0.05) is 53.0 Å². The second kappa shape index (κ2) is 6.75. The fraction of sp³-hybridized carbons (Fsp3) is 0.400. The Morgan fingerprint density at radius 1 is 0.941 bits per heavy atom. The van der Waals surface area contributed by atoms with Crippen molar-refractivity contribution in [1.82, 2.24) is 4.98 Å². The molecule has 0 atom stereocenters. The molecule has 0 aliphatic heterocycles. The highest BCUT2D eigenvalue weighted by molar-refractivity contribution is 9.09. The first kappa shape index (κ1) is 12.6. The predicted molar refractivity (Wildman–Crippen MR) is 77.7 cm³/mol. The Morgan fingerprint density at radius 2 is 1.76 bits per heavy atom. The zero-order valence-electron chi connectivity index (χ0n) is 10.0. The maximum Gasteiger partial charge on any atom is 0.0481 e. The Labute approximate surface area is 111 Å². The number of halogens is 1. The van der Waals surface area contributed by atoms with E-state index in [4.69, 9.17) is 0 Å². The molecule has 0 spiro atoms. The summed E-state index contributed by atoms with van der Waals surface area (Å²) in [4.78, 5) is 4.52. The number of nitrogens with zero attached hydrogens (tertiary/aromatic N) is 1. The van der Waals surface area contributed by atoms with Crippen LogP contribution in [0, 0.1) is 0 Å². The van der Waals surface area contributed by atoms with Crippen LogP contribution in [0.25, 0.3) is 10.8 Å². The predicted octanol–water partition coefficient (Wildman–Crippen LogP) is 4.73.